The van der Waals surface area contributed by atoms with Crippen LogP contribution in [0.1, 0.15) is 23.2 Å². The number of hydrogen-bond donors (Lipinski definition) is 0. The third-order valence-electron chi connectivity index (χ3n) is 3.56. The largest absolute Gasteiger partial charge is 0.381 e. The average Bonchev–Trinajstić information content (AvgIpc) is 2.94. The minimum atomic E-state index is -0.00296. The molecular formula is C13H15N3O3. The van der Waals surface area contributed by atoms with Gasteiger partial charge in [-0.25, -0.2) is 4.63 Å². The molecule has 3 rings (SSSR count). The van der Waals surface area contributed by atoms with Crippen molar-refractivity contribution in [1.82, 2.24) is 15.2 Å². The number of rotatable bonds is 2. The van der Waals surface area contributed by atoms with E-state index in [1.54, 1.807) is 23.1 Å². The summed E-state index contributed by atoms with van der Waals surface area (Å²) in [6.07, 6.45) is 1.77. The number of hydrogen-bond acceptors (Lipinski definition) is 5. The lowest BCUT2D eigenvalue weighted by Crippen LogP contribution is -2.40. The first-order chi connectivity index (χ1) is 9.25. The van der Waals surface area contributed by atoms with Gasteiger partial charge in [-0.15, -0.1) is 0 Å². The summed E-state index contributed by atoms with van der Waals surface area (Å²) >= 11 is 0. The summed E-state index contributed by atoms with van der Waals surface area (Å²) in [6.45, 7) is 1.43. The van der Waals surface area contributed by atoms with Crippen LogP contribution in [0, 0.1) is 0 Å². The molecule has 1 aliphatic heterocycles. The Balaban J connectivity index is 1.81. The van der Waals surface area contributed by atoms with Crippen molar-refractivity contribution >= 4 is 16.9 Å². The van der Waals surface area contributed by atoms with Crippen LogP contribution in [-0.2, 0) is 4.74 Å². The standard InChI is InChI=1S/C13H15N3O3/c1-16(10-4-6-18-7-5-10)13(17)9-2-3-11-12(8-9)15-19-14-11/h2-3,8,10H,4-7H2,1H3. The lowest BCUT2D eigenvalue weighted by molar-refractivity contribution is 0.0362. The molecule has 19 heavy (non-hydrogen) atoms. The number of ether oxygens (including phenoxy) is 1. The summed E-state index contributed by atoms with van der Waals surface area (Å²) in [4.78, 5) is 14.2. The molecule has 1 amide bonds. The number of carbonyl (C=O) groups excluding carboxylic acids is 1. The third kappa shape index (κ3) is 2.31. The molecule has 6 heteroatoms. The van der Waals surface area contributed by atoms with Crippen LogP contribution in [0.5, 0.6) is 0 Å². The molecule has 1 aromatic carbocycles. The minimum Gasteiger partial charge on any atom is -0.381 e. The van der Waals surface area contributed by atoms with Gasteiger partial charge in [-0.2, -0.15) is 0 Å². The van der Waals surface area contributed by atoms with Crippen molar-refractivity contribution in [3.63, 3.8) is 0 Å². The lowest BCUT2D eigenvalue weighted by atomic mass is 10.1. The van der Waals surface area contributed by atoms with Gasteiger partial charge in [0, 0.05) is 31.9 Å². The highest BCUT2D eigenvalue weighted by atomic mass is 16.6. The molecule has 0 N–H and O–H groups in total. The summed E-state index contributed by atoms with van der Waals surface area (Å²) in [5.74, 6) is -0.00296. The summed E-state index contributed by atoms with van der Waals surface area (Å²) in [7, 11) is 1.84. The molecule has 0 atom stereocenters. The lowest BCUT2D eigenvalue weighted by Gasteiger charge is -2.31. The second-order valence-corrected chi connectivity index (χ2v) is 4.73. The number of benzene rings is 1. The number of carbonyl (C=O) groups is 1. The fourth-order valence-electron chi connectivity index (χ4n) is 2.36. The molecule has 0 aliphatic carbocycles. The Labute approximate surface area is 110 Å². The van der Waals surface area contributed by atoms with Crippen LogP contribution in [-0.4, -0.2) is 47.4 Å². The highest BCUT2D eigenvalue weighted by Gasteiger charge is 2.23. The van der Waals surface area contributed by atoms with Gasteiger partial charge in [0.05, 0.1) is 0 Å². The Bertz CT molecular complexity index is 590. The number of nitrogens with zero attached hydrogens (tertiary/aromatic N) is 3. The van der Waals surface area contributed by atoms with Crippen LogP contribution in [0.15, 0.2) is 22.8 Å². The van der Waals surface area contributed by atoms with Crippen molar-refractivity contribution in [1.29, 1.82) is 0 Å². The van der Waals surface area contributed by atoms with E-state index in [0.717, 1.165) is 12.8 Å². The van der Waals surface area contributed by atoms with Crippen LogP contribution in [0.2, 0.25) is 0 Å². The molecule has 1 aliphatic rings. The van der Waals surface area contributed by atoms with E-state index in [0.29, 0.717) is 29.8 Å². The van der Waals surface area contributed by atoms with Gasteiger partial charge in [0.1, 0.15) is 11.0 Å². The van der Waals surface area contributed by atoms with Crippen molar-refractivity contribution in [3.8, 4) is 0 Å². The Hall–Kier alpha value is -1.95. The minimum absolute atomic E-state index is 0.00296. The Kier molecular flexibility index (Phi) is 3.16. The fraction of sp³-hybridized carbons (Fsp3) is 0.462. The SMILES string of the molecule is CN(C(=O)c1ccc2nonc2c1)C1CCOCC1. The van der Waals surface area contributed by atoms with Crippen molar-refractivity contribution in [2.45, 2.75) is 18.9 Å². The van der Waals surface area contributed by atoms with E-state index in [1.807, 2.05) is 7.05 Å². The maximum Gasteiger partial charge on any atom is 0.253 e. The number of fused-ring (bicyclic) bond motifs is 1. The molecule has 2 aromatic rings. The summed E-state index contributed by atoms with van der Waals surface area (Å²) in [6, 6.07) is 5.46. The zero-order valence-corrected chi connectivity index (χ0v) is 10.7. The molecule has 6 nitrogen and oxygen atoms in total. The predicted molar refractivity (Wildman–Crippen MR) is 67.7 cm³/mol. The van der Waals surface area contributed by atoms with Crippen LogP contribution in [0.4, 0.5) is 0 Å². The van der Waals surface area contributed by atoms with Gasteiger partial charge in [0.25, 0.3) is 5.91 Å². The topological polar surface area (TPSA) is 68.5 Å². The zero-order valence-electron chi connectivity index (χ0n) is 10.7. The van der Waals surface area contributed by atoms with E-state index < -0.39 is 0 Å². The second-order valence-electron chi connectivity index (χ2n) is 4.73. The maximum atomic E-state index is 12.4. The first-order valence-electron chi connectivity index (χ1n) is 6.33. The van der Waals surface area contributed by atoms with Gasteiger partial charge in [-0.05, 0) is 41.4 Å². The molecule has 0 spiro atoms. The third-order valence-corrected chi connectivity index (χ3v) is 3.56. The van der Waals surface area contributed by atoms with Crippen molar-refractivity contribution in [2.75, 3.05) is 20.3 Å². The van der Waals surface area contributed by atoms with Crippen LogP contribution >= 0.6 is 0 Å². The molecule has 0 bridgehead atoms. The first-order valence-corrected chi connectivity index (χ1v) is 6.33. The Morgan fingerprint density at radius 1 is 1.26 bits per heavy atom. The summed E-state index contributed by atoms with van der Waals surface area (Å²) < 4.78 is 9.95. The van der Waals surface area contributed by atoms with Crippen molar-refractivity contribution in [3.05, 3.63) is 23.8 Å². The molecule has 0 saturated carbocycles. The highest BCUT2D eigenvalue weighted by Crippen LogP contribution is 2.18. The smallest absolute Gasteiger partial charge is 0.253 e. The average molecular weight is 261 g/mol. The molecule has 2 heterocycles. The van der Waals surface area contributed by atoms with Gasteiger partial charge in [-0.1, -0.05) is 0 Å². The fourth-order valence-corrected chi connectivity index (χ4v) is 2.36. The first kappa shape index (κ1) is 12.1. The Morgan fingerprint density at radius 3 is 2.79 bits per heavy atom. The molecule has 100 valence electrons. The van der Waals surface area contributed by atoms with Gasteiger partial charge < -0.3 is 9.64 Å². The van der Waals surface area contributed by atoms with E-state index in [2.05, 4.69) is 14.9 Å². The number of amides is 1. The summed E-state index contributed by atoms with van der Waals surface area (Å²) in [5, 5.41) is 7.48. The maximum absolute atomic E-state index is 12.4. The van der Waals surface area contributed by atoms with E-state index in [9.17, 15) is 4.79 Å². The number of aromatic nitrogens is 2. The molecule has 0 unspecified atom stereocenters. The monoisotopic (exact) mass is 261 g/mol. The quantitative estimate of drug-likeness (QED) is 0.819. The molecule has 1 saturated heterocycles. The van der Waals surface area contributed by atoms with E-state index in [4.69, 9.17) is 4.74 Å². The van der Waals surface area contributed by atoms with Crippen molar-refractivity contribution in [2.24, 2.45) is 0 Å². The molecule has 0 radical (unpaired) electrons. The van der Waals surface area contributed by atoms with Crippen LogP contribution in [0.25, 0.3) is 11.0 Å². The predicted octanol–water partition coefficient (Wildman–Crippen LogP) is 1.47. The van der Waals surface area contributed by atoms with Crippen LogP contribution < -0.4 is 0 Å². The summed E-state index contributed by atoms with van der Waals surface area (Å²) in [5.41, 5.74) is 1.87. The van der Waals surface area contributed by atoms with E-state index >= 15 is 0 Å². The second kappa shape index (κ2) is 4.97. The van der Waals surface area contributed by atoms with Gasteiger partial charge >= 0.3 is 0 Å². The van der Waals surface area contributed by atoms with Gasteiger partial charge in [0.15, 0.2) is 0 Å². The van der Waals surface area contributed by atoms with E-state index in [1.165, 1.54) is 0 Å². The highest BCUT2D eigenvalue weighted by molar-refractivity contribution is 5.97. The Morgan fingerprint density at radius 2 is 2.00 bits per heavy atom. The van der Waals surface area contributed by atoms with E-state index in [-0.39, 0.29) is 11.9 Å². The van der Waals surface area contributed by atoms with Crippen LogP contribution in [0.3, 0.4) is 0 Å². The zero-order chi connectivity index (χ0) is 13.2. The normalized spacial score (nSPS) is 16.7. The van der Waals surface area contributed by atoms with Gasteiger partial charge in [0.2, 0.25) is 0 Å². The molecular weight excluding hydrogens is 246 g/mol. The van der Waals surface area contributed by atoms with Gasteiger partial charge in [-0.3, -0.25) is 4.79 Å². The molecule has 1 fully saturated rings. The molecule has 1 aromatic heterocycles. The van der Waals surface area contributed by atoms with Crippen molar-refractivity contribution < 1.29 is 14.2 Å².